The van der Waals surface area contributed by atoms with Gasteiger partial charge in [0.1, 0.15) is 0 Å². The fraction of sp³-hybridized carbons (Fsp3) is 0.789. The first-order chi connectivity index (χ1) is 10.3. The van der Waals surface area contributed by atoms with Crippen molar-refractivity contribution in [1.29, 1.82) is 0 Å². The monoisotopic (exact) mass is 583 g/mol. The molecule has 0 amide bonds. The van der Waals surface area contributed by atoms with E-state index in [1.54, 1.807) is 16.4 Å². The molecule has 0 aromatic carbocycles. The van der Waals surface area contributed by atoms with Crippen LogP contribution in [0.4, 0.5) is 0 Å². The van der Waals surface area contributed by atoms with E-state index in [1.807, 2.05) is 4.92 Å². The Hall–Kier alpha value is 1.55. The normalized spacial score (nSPS) is 15.4. The zero-order chi connectivity index (χ0) is 19.5. The molecule has 0 N–H and O–H groups in total. The van der Waals surface area contributed by atoms with Crippen LogP contribution in [-0.2, 0) is 0 Å². The molecule has 0 aliphatic rings. The summed E-state index contributed by atoms with van der Waals surface area (Å²) in [5, 5.41) is 1.80. The van der Waals surface area contributed by atoms with E-state index in [4.69, 9.17) is 0 Å². The summed E-state index contributed by atoms with van der Waals surface area (Å²) in [7, 11) is -1.64. The van der Waals surface area contributed by atoms with E-state index in [9.17, 15) is 0 Å². The Bertz CT molecular complexity index is 599. The third-order valence-electron chi connectivity index (χ3n) is 5.17. The summed E-state index contributed by atoms with van der Waals surface area (Å²) in [5.74, 6) is 0. The van der Waals surface area contributed by atoms with Gasteiger partial charge in [0.05, 0.1) is 0 Å². The van der Waals surface area contributed by atoms with E-state index in [1.165, 1.54) is 0 Å². The number of hydrogen-bond donors (Lipinski definition) is 0. The van der Waals surface area contributed by atoms with E-state index in [0.717, 1.165) is 0 Å². The van der Waals surface area contributed by atoms with E-state index in [0.29, 0.717) is 0 Å². The molecule has 1 aromatic rings. The molecular weight excluding hydrogens is 539 g/mol. The topological polar surface area (TPSA) is 3.24 Å². The summed E-state index contributed by atoms with van der Waals surface area (Å²) in [6.45, 7) is 20.1. The standard InChI is InChI=1S/C13H24NPSi.6CH3.2Sn/c1-9-10(2)12(15-11(9)3)16(7,8)14-13(4,5)6;;;;;;;;/h1-8H3;6*1H3;;/q-2;;;;;;;2*+1. The molecule has 24 heavy (non-hydrogen) atoms. The van der Waals surface area contributed by atoms with Crippen molar-refractivity contribution in [3.63, 3.8) is 0 Å². The molecule has 0 saturated heterocycles. The Balaban J connectivity index is 3.85. The molecule has 1 heterocycles. The average molecular weight is 581 g/mol. The van der Waals surface area contributed by atoms with Crippen molar-refractivity contribution in [3.05, 3.63) is 16.4 Å². The molecule has 1 rings (SSSR count). The fourth-order valence-electron chi connectivity index (χ4n) is 5.31. The van der Waals surface area contributed by atoms with Crippen molar-refractivity contribution in [1.82, 2.24) is 2.79 Å². The first-order valence-electron chi connectivity index (χ1n) is 9.34. The van der Waals surface area contributed by atoms with Gasteiger partial charge in [0.2, 0.25) is 0 Å². The minimum absolute atomic E-state index is 0.0186. The van der Waals surface area contributed by atoms with E-state index in [2.05, 4.69) is 87.1 Å². The Kier molecular flexibility index (Phi) is 7.06. The molecule has 0 fully saturated rings. The van der Waals surface area contributed by atoms with Gasteiger partial charge in [-0.25, -0.2) is 0 Å². The number of rotatable bonds is 4. The summed E-state index contributed by atoms with van der Waals surface area (Å²) < 4.78 is 3.12. The van der Waals surface area contributed by atoms with Gasteiger partial charge >= 0.3 is 164 Å². The maximum absolute atomic E-state index is 3.12. The van der Waals surface area contributed by atoms with Crippen molar-refractivity contribution in [2.24, 2.45) is 0 Å². The second-order valence-electron chi connectivity index (χ2n) is 10.9. The van der Waals surface area contributed by atoms with Gasteiger partial charge in [-0.15, -0.1) is 0 Å². The molecule has 0 spiro atoms. The molecule has 0 saturated carbocycles. The zero-order valence-corrected chi connectivity index (χ0v) is 26.5. The fourth-order valence-corrected chi connectivity index (χ4v) is 68.9. The van der Waals surface area contributed by atoms with E-state index < -0.39 is 44.7 Å². The van der Waals surface area contributed by atoms with Gasteiger partial charge in [-0.05, 0) is 0 Å². The summed E-state index contributed by atoms with van der Waals surface area (Å²) in [5.41, 5.74) is 3.61. The Labute approximate surface area is 162 Å². The Morgan fingerprint density at radius 3 is 1.54 bits per heavy atom. The Morgan fingerprint density at radius 1 is 0.833 bits per heavy atom. The van der Waals surface area contributed by atoms with Crippen molar-refractivity contribution in [3.8, 4) is 0 Å². The third-order valence-corrected chi connectivity index (χ3v) is 47.2. The molecule has 0 radical (unpaired) electrons. The van der Waals surface area contributed by atoms with Crippen molar-refractivity contribution in [2.45, 2.75) is 89.8 Å². The van der Waals surface area contributed by atoms with Crippen LogP contribution in [0.25, 0.3) is 0 Å². The maximum atomic E-state index is 3.12. The molecule has 5 heteroatoms. The second-order valence-corrected chi connectivity index (χ2v) is 57.4. The van der Waals surface area contributed by atoms with Gasteiger partial charge in [0, 0.05) is 0 Å². The van der Waals surface area contributed by atoms with Crippen molar-refractivity contribution < 1.29 is 0 Å². The second kappa shape index (κ2) is 7.18. The molecular formula is C19H42NPSiSn2. The molecule has 1 nitrogen and oxygen atoms in total. The molecule has 1 aromatic heterocycles. The molecule has 0 aliphatic heterocycles. The minimum atomic E-state index is -2.23. The van der Waals surface area contributed by atoms with Gasteiger partial charge in [0.25, 0.3) is 0 Å². The molecule has 0 bridgehead atoms. The molecule has 1 atom stereocenters. The molecule has 0 aliphatic carbocycles. The predicted octanol–water partition coefficient (Wildman–Crippen LogP) is 6.63. The van der Waals surface area contributed by atoms with Crippen LogP contribution < -0.4 is 4.92 Å². The van der Waals surface area contributed by atoms with Crippen LogP contribution >= 0.6 is 5.19 Å². The van der Waals surface area contributed by atoms with Crippen LogP contribution in [0.5, 0.6) is 0 Å². The Morgan fingerprint density at radius 2 is 1.25 bits per heavy atom. The first kappa shape index (κ1) is 23.6. The summed E-state index contributed by atoms with van der Waals surface area (Å²) in [4.78, 5) is 17.8. The van der Waals surface area contributed by atoms with Gasteiger partial charge in [-0.3, -0.25) is 0 Å². The van der Waals surface area contributed by atoms with Crippen LogP contribution in [0.1, 0.15) is 37.2 Å². The van der Waals surface area contributed by atoms with Gasteiger partial charge in [-0.2, -0.15) is 0 Å². The predicted molar refractivity (Wildman–Crippen MR) is 124 cm³/mol. The summed E-state index contributed by atoms with van der Waals surface area (Å²) >= 11 is -4.27. The quantitative estimate of drug-likeness (QED) is 0.362. The summed E-state index contributed by atoms with van der Waals surface area (Å²) in [6.07, 6.45) is 0. The molecule has 140 valence electrons. The average Bonchev–Trinajstić information content (AvgIpc) is 2.48. The van der Waals surface area contributed by atoms with Crippen LogP contribution in [0.3, 0.4) is 0 Å². The number of hydrogen-bond acceptors (Lipinski definition) is 1. The van der Waals surface area contributed by atoms with Gasteiger partial charge in [-0.1, -0.05) is 0 Å². The van der Waals surface area contributed by atoms with Crippen LogP contribution in [0.2, 0.25) is 42.7 Å². The third kappa shape index (κ3) is 4.51. The SMILES string of the molecule is Cc1c(C)c([Si](C)(C)[N](C(C)(C)C)[Sn]([CH3])([CH3])[CH3])[p]([Sn]([CH3])([CH3])[CH3])c1C. The van der Waals surface area contributed by atoms with Crippen molar-refractivity contribution in [2.75, 3.05) is 0 Å². The van der Waals surface area contributed by atoms with Crippen LogP contribution in [-0.4, -0.2) is 53.0 Å². The molecule has 1 unspecified atom stereocenters. The van der Waals surface area contributed by atoms with Gasteiger partial charge < -0.3 is 0 Å². The zero-order valence-electron chi connectivity index (χ0n) is 18.9. The first-order valence-corrected chi connectivity index (χ1v) is 35.9. The van der Waals surface area contributed by atoms with Crippen molar-refractivity contribution >= 4 is 54.8 Å². The number of nitrogens with zero attached hydrogens (tertiary/aromatic N) is 1. The van der Waals surface area contributed by atoms with E-state index >= 15 is 0 Å². The van der Waals surface area contributed by atoms with Gasteiger partial charge in [0.15, 0.2) is 0 Å². The van der Waals surface area contributed by atoms with Crippen LogP contribution in [0.15, 0.2) is 0 Å². The summed E-state index contributed by atoms with van der Waals surface area (Å²) in [6, 6.07) is 0. The van der Waals surface area contributed by atoms with E-state index in [-0.39, 0.29) is 10.7 Å². The van der Waals surface area contributed by atoms with Crippen LogP contribution in [0, 0.1) is 20.8 Å².